The Morgan fingerprint density at radius 2 is 1.73 bits per heavy atom. The molecule has 124 valence electrons. The van der Waals surface area contributed by atoms with E-state index in [1.807, 2.05) is 23.1 Å². The average molecular weight is 325 g/mol. The van der Waals surface area contributed by atoms with Crippen molar-refractivity contribution in [1.29, 1.82) is 0 Å². The van der Waals surface area contributed by atoms with Crippen LogP contribution in [0, 0.1) is 5.92 Å². The molecular formula is C18H29ClN2O. The van der Waals surface area contributed by atoms with Crippen LogP contribution in [0.5, 0.6) is 0 Å². The van der Waals surface area contributed by atoms with Crippen molar-refractivity contribution in [3.63, 3.8) is 0 Å². The number of carbonyl (C=O) groups is 1. The van der Waals surface area contributed by atoms with Gasteiger partial charge in [-0.25, -0.2) is 0 Å². The van der Waals surface area contributed by atoms with Gasteiger partial charge in [0.15, 0.2) is 0 Å². The van der Waals surface area contributed by atoms with Crippen molar-refractivity contribution in [2.24, 2.45) is 11.7 Å². The third-order valence-electron chi connectivity index (χ3n) is 4.41. The molecule has 2 N–H and O–H groups in total. The van der Waals surface area contributed by atoms with Crippen molar-refractivity contribution >= 4 is 18.3 Å². The minimum absolute atomic E-state index is 0. The predicted molar refractivity (Wildman–Crippen MR) is 94.0 cm³/mol. The van der Waals surface area contributed by atoms with E-state index in [4.69, 9.17) is 5.73 Å². The summed E-state index contributed by atoms with van der Waals surface area (Å²) >= 11 is 0. The van der Waals surface area contributed by atoms with Crippen molar-refractivity contribution in [2.75, 3.05) is 13.1 Å². The molecule has 0 spiro atoms. The molecule has 1 aromatic carbocycles. The van der Waals surface area contributed by atoms with Gasteiger partial charge >= 0.3 is 0 Å². The number of nitrogens with two attached hydrogens (primary N) is 1. The van der Waals surface area contributed by atoms with Crippen LogP contribution in [0.1, 0.15) is 50.5 Å². The number of hydrogen-bond donors (Lipinski definition) is 1. The molecule has 22 heavy (non-hydrogen) atoms. The zero-order valence-corrected chi connectivity index (χ0v) is 14.2. The molecule has 0 aliphatic heterocycles. The molecule has 0 saturated heterocycles. The topological polar surface area (TPSA) is 46.3 Å². The Labute approximate surface area is 140 Å². The summed E-state index contributed by atoms with van der Waals surface area (Å²) in [7, 11) is 0. The molecule has 1 aliphatic rings. The van der Waals surface area contributed by atoms with Gasteiger partial charge in [-0.3, -0.25) is 4.79 Å². The molecule has 0 aromatic heterocycles. The van der Waals surface area contributed by atoms with Crippen LogP contribution in [0.3, 0.4) is 0 Å². The smallest absolute Gasteiger partial charge is 0.223 e. The Kier molecular flexibility index (Phi) is 9.17. The number of benzene rings is 1. The zero-order chi connectivity index (χ0) is 14.9. The summed E-state index contributed by atoms with van der Waals surface area (Å²) in [5, 5.41) is 0. The highest BCUT2D eigenvalue weighted by molar-refractivity contribution is 5.85. The van der Waals surface area contributed by atoms with Crippen LogP contribution in [0.4, 0.5) is 0 Å². The number of halogens is 1. The number of rotatable bonds is 6. The molecule has 1 aromatic rings. The summed E-state index contributed by atoms with van der Waals surface area (Å²) in [6.45, 7) is 1.87. The minimum atomic E-state index is 0. The lowest BCUT2D eigenvalue weighted by Crippen LogP contribution is -2.35. The molecule has 0 heterocycles. The highest BCUT2D eigenvalue weighted by Gasteiger charge is 2.20. The highest BCUT2D eigenvalue weighted by atomic mass is 35.5. The Morgan fingerprint density at radius 3 is 2.32 bits per heavy atom. The quantitative estimate of drug-likeness (QED) is 0.810. The lowest BCUT2D eigenvalue weighted by atomic mass is 9.96. The summed E-state index contributed by atoms with van der Waals surface area (Å²) in [6, 6.07) is 10.2. The molecule has 1 aliphatic carbocycles. The van der Waals surface area contributed by atoms with Gasteiger partial charge in [-0.1, -0.05) is 56.0 Å². The van der Waals surface area contributed by atoms with E-state index in [1.165, 1.54) is 44.1 Å². The van der Waals surface area contributed by atoms with E-state index in [0.29, 0.717) is 32.0 Å². The standard InChI is InChI=1S/C18H28N2O.ClH/c19-12-13-20(15-17-10-6-3-7-11-17)18(21)14-16-8-4-1-2-5-9-16;/h3,6-7,10-11,16H,1-2,4-5,8-9,12-15,19H2;1H. The van der Waals surface area contributed by atoms with Crippen LogP contribution in [-0.2, 0) is 11.3 Å². The van der Waals surface area contributed by atoms with E-state index >= 15 is 0 Å². The Hall–Kier alpha value is -1.06. The van der Waals surface area contributed by atoms with Crippen molar-refractivity contribution in [3.05, 3.63) is 35.9 Å². The van der Waals surface area contributed by atoms with Crippen molar-refractivity contribution in [1.82, 2.24) is 4.90 Å². The Bertz CT molecular complexity index is 416. The van der Waals surface area contributed by atoms with Crippen molar-refractivity contribution in [2.45, 2.75) is 51.5 Å². The minimum Gasteiger partial charge on any atom is -0.337 e. The largest absolute Gasteiger partial charge is 0.337 e. The van der Waals surface area contributed by atoms with Crippen LogP contribution in [0.25, 0.3) is 0 Å². The third-order valence-corrected chi connectivity index (χ3v) is 4.41. The van der Waals surface area contributed by atoms with Crippen LogP contribution < -0.4 is 5.73 Å². The van der Waals surface area contributed by atoms with Gasteiger partial charge < -0.3 is 10.6 Å². The van der Waals surface area contributed by atoms with E-state index in [0.717, 1.165) is 0 Å². The highest BCUT2D eigenvalue weighted by Crippen LogP contribution is 2.26. The van der Waals surface area contributed by atoms with Gasteiger partial charge in [0.1, 0.15) is 0 Å². The second-order valence-corrected chi connectivity index (χ2v) is 6.15. The molecule has 0 unspecified atom stereocenters. The van der Waals surface area contributed by atoms with E-state index in [1.54, 1.807) is 0 Å². The molecule has 1 fully saturated rings. The van der Waals surface area contributed by atoms with E-state index in [9.17, 15) is 4.79 Å². The maximum atomic E-state index is 12.6. The normalized spacial score (nSPS) is 15.7. The fourth-order valence-electron chi connectivity index (χ4n) is 3.20. The molecule has 0 atom stereocenters. The first kappa shape index (κ1) is 19.0. The summed E-state index contributed by atoms with van der Waals surface area (Å²) < 4.78 is 0. The summed E-state index contributed by atoms with van der Waals surface area (Å²) in [6.07, 6.45) is 8.37. The number of nitrogens with zero attached hydrogens (tertiary/aromatic N) is 1. The number of carbonyl (C=O) groups excluding carboxylic acids is 1. The van der Waals surface area contributed by atoms with Crippen LogP contribution in [0.15, 0.2) is 30.3 Å². The maximum Gasteiger partial charge on any atom is 0.223 e. The first-order chi connectivity index (χ1) is 10.3. The molecule has 2 rings (SSSR count). The molecule has 0 radical (unpaired) electrons. The van der Waals surface area contributed by atoms with E-state index in [2.05, 4.69) is 12.1 Å². The monoisotopic (exact) mass is 324 g/mol. The van der Waals surface area contributed by atoms with Gasteiger partial charge in [-0.05, 0) is 24.3 Å². The predicted octanol–water partition coefficient (Wildman–Crippen LogP) is 3.76. The third kappa shape index (κ3) is 6.37. The first-order valence-corrected chi connectivity index (χ1v) is 8.31. The Morgan fingerprint density at radius 1 is 1.09 bits per heavy atom. The van der Waals surface area contributed by atoms with Crippen LogP contribution >= 0.6 is 12.4 Å². The van der Waals surface area contributed by atoms with Gasteiger partial charge in [-0.2, -0.15) is 0 Å². The molecular weight excluding hydrogens is 296 g/mol. The summed E-state index contributed by atoms with van der Waals surface area (Å²) in [5.74, 6) is 0.854. The fraction of sp³-hybridized carbons (Fsp3) is 0.611. The van der Waals surface area contributed by atoms with E-state index in [-0.39, 0.29) is 18.3 Å². The van der Waals surface area contributed by atoms with Crippen molar-refractivity contribution in [3.8, 4) is 0 Å². The van der Waals surface area contributed by atoms with Gasteiger partial charge in [0, 0.05) is 26.1 Å². The average Bonchev–Trinajstić information content (AvgIpc) is 2.76. The van der Waals surface area contributed by atoms with Crippen LogP contribution in [-0.4, -0.2) is 23.9 Å². The summed E-state index contributed by atoms with van der Waals surface area (Å²) in [4.78, 5) is 14.5. The molecule has 1 amide bonds. The lowest BCUT2D eigenvalue weighted by molar-refractivity contribution is -0.132. The first-order valence-electron chi connectivity index (χ1n) is 8.31. The molecule has 3 nitrogen and oxygen atoms in total. The second kappa shape index (κ2) is 10.6. The Balaban J connectivity index is 0.00000242. The van der Waals surface area contributed by atoms with Crippen molar-refractivity contribution < 1.29 is 4.79 Å². The summed E-state index contributed by atoms with van der Waals surface area (Å²) in [5.41, 5.74) is 6.87. The van der Waals surface area contributed by atoms with Gasteiger partial charge in [0.05, 0.1) is 0 Å². The molecule has 0 bridgehead atoms. The van der Waals surface area contributed by atoms with Gasteiger partial charge in [0.25, 0.3) is 0 Å². The molecule has 4 heteroatoms. The van der Waals surface area contributed by atoms with Crippen LogP contribution in [0.2, 0.25) is 0 Å². The second-order valence-electron chi connectivity index (χ2n) is 6.15. The van der Waals surface area contributed by atoms with E-state index < -0.39 is 0 Å². The maximum absolute atomic E-state index is 12.6. The number of hydrogen-bond acceptors (Lipinski definition) is 2. The van der Waals surface area contributed by atoms with Gasteiger partial charge in [-0.15, -0.1) is 12.4 Å². The SMILES string of the molecule is Cl.NCCN(Cc1ccccc1)C(=O)CC1CCCCCC1. The van der Waals surface area contributed by atoms with Gasteiger partial charge in [0.2, 0.25) is 5.91 Å². The zero-order valence-electron chi connectivity index (χ0n) is 13.4. The molecule has 1 saturated carbocycles. The number of amides is 1. The fourth-order valence-corrected chi connectivity index (χ4v) is 3.20. The lowest BCUT2D eigenvalue weighted by Gasteiger charge is -2.24.